The van der Waals surface area contributed by atoms with Crippen molar-refractivity contribution >= 4 is 11.6 Å². The Hall–Kier alpha value is -3.42. The van der Waals surface area contributed by atoms with E-state index in [2.05, 4.69) is 49.4 Å². The minimum atomic E-state index is -0.561. The number of guanidine groups is 1. The van der Waals surface area contributed by atoms with E-state index < -0.39 is 11.6 Å². The second kappa shape index (κ2) is 9.80. The Kier molecular flexibility index (Phi) is 6.68. The molecule has 2 aromatic carbocycles. The Balaban J connectivity index is 1.31. The molecule has 0 saturated carbocycles. The Morgan fingerprint density at radius 2 is 2.03 bits per heavy atom. The van der Waals surface area contributed by atoms with Crippen LogP contribution >= 0.6 is 0 Å². The molecule has 4 rings (SSSR count). The molecule has 0 aliphatic carbocycles. The number of nitrogens with one attached hydrogen (secondary N) is 2. The fraction of sp³-hybridized carbons (Fsp3) is 0.333. The molecule has 0 amide bonds. The first-order valence-corrected chi connectivity index (χ1v) is 10.7. The molecule has 32 heavy (non-hydrogen) atoms. The first-order chi connectivity index (χ1) is 15.5. The molecule has 3 aromatic rings. The molecule has 1 saturated heterocycles. The van der Waals surface area contributed by atoms with Gasteiger partial charge in [0.1, 0.15) is 17.5 Å². The van der Waals surface area contributed by atoms with E-state index >= 15 is 0 Å². The normalized spacial score (nSPS) is 16.4. The molecule has 0 spiro atoms. The van der Waals surface area contributed by atoms with Gasteiger partial charge in [-0.1, -0.05) is 24.3 Å². The molecule has 2 heterocycles. The van der Waals surface area contributed by atoms with Crippen molar-refractivity contribution in [1.82, 2.24) is 20.2 Å². The smallest absolute Gasteiger partial charge is 0.191 e. The van der Waals surface area contributed by atoms with Gasteiger partial charge in [0.15, 0.2) is 5.96 Å². The molecule has 0 radical (unpaired) electrons. The monoisotopic (exact) mass is 438 g/mol. The van der Waals surface area contributed by atoms with Crippen LogP contribution in [-0.4, -0.2) is 41.7 Å². The van der Waals surface area contributed by atoms with Crippen molar-refractivity contribution in [3.05, 3.63) is 83.4 Å². The highest BCUT2D eigenvalue weighted by Crippen LogP contribution is 2.24. The third-order valence-corrected chi connectivity index (χ3v) is 5.73. The van der Waals surface area contributed by atoms with E-state index in [4.69, 9.17) is 0 Å². The number of imidazole rings is 1. The number of rotatable bonds is 6. The summed E-state index contributed by atoms with van der Waals surface area (Å²) in [5.74, 6) is 0.601. The molecule has 168 valence electrons. The number of nitrogens with zero attached hydrogens (tertiary/aromatic N) is 4. The van der Waals surface area contributed by atoms with Crippen molar-refractivity contribution in [3.63, 3.8) is 0 Å². The van der Waals surface area contributed by atoms with Gasteiger partial charge >= 0.3 is 0 Å². The van der Waals surface area contributed by atoms with E-state index in [1.54, 1.807) is 7.05 Å². The van der Waals surface area contributed by atoms with E-state index in [0.717, 1.165) is 30.4 Å². The molecular weight excluding hydrogens is 410 g/mol. The number of benzene rings is 2. The topological polar surface area (TPSA) is 57.5 Å². The number of halogens is 2. The van der Waals surface area contributed by atoms with Crippen molar-refractivity contribution in [2.75, 3.05) is 25.0 Å². The van der Waals surface area contributed by atoms with Gasteiger partial charge in [0.05, 0.1) is 5.69 Å². The van der Waals surface area contributed by atoms with Crippen LogP contribution in [0.1, 0.15) is 23.4 Å². The van der Waals surface area contributed by atoms with E-state index in [9.17, 15) is 8.78 Å². The lowest BCUT2D eigenvalue weighted by Crippen LogP contribution is -2.44. The molecule has 1 unspecified atom stereocenters. The average molecular weight is 439 g/mol. The van der Waals surface area contributed by atoms with Gasteiger partial charge in [-0.3, -0.25) is 4.99 Å². The van der Waals surface area contributed by atoms with Crippen LogP contribution in [-0.2, 0) is 13.1 Å². The molecule has 1 aliphatic rings. The highest BCUT2D eigenvalue weighted by molar-refractivity contribution is 5.80. The molecule has 1 atom stereocenters. The van der Waals surface area contributed by atoms with Gasteiger partial charge in [-0.05, 0) is 36.6 Å². The maximum atomic E-state index is 14.1. The molecular formula is C24H28F2N6. The Morgan fingerprint density at radius 1 is 1.19 bits per heavy atom. The van der Waals surface area contributed by atoms with Crippen molar-refractivity contribution in [3.8, 4) is 0 Å². The van der Waals surface area contributed by atoms with Crippen LogP contribution in [0.15, 0.2) is 59.9 Å². The third kappa shape index (κ3) is 5.25. The van der Waals surface area contributed by atoms with Crippen LogP contribution in [0.2, 0.25) is 0 Å². The van der Waals surface area contributed by atoms with E-state index in [0.29, 0.717) is 31.3 Å². The van der Waals surface area contributed by atoms with Gasteiger partial charge in [-0.15, -0.1) is 0 Å². The number of hydrogen-bond donors (Lipinski definition) is 2. The zero-order valence-corrected chi connectivity index (χ0v) is 18.4. The second-order valence-electron chi connectivity index (χ2n) is 8.02. The van der Waals surface area contributed by atoms with Gasteiger partial charge in [0.2, 0.25) is 0 Å². The fourth-order valence-corrected chi connectivity index (χ4v) is 4.01. The van der Waals surface area contributed by atoms with Crippen LogP contribution in [0, 0.1) is 18.6 Å². The lowest BCUT2D eigenvalue weighted by Gasteiger charge is -2.21. The highest BCUT2D eigenvalue weighted by Gasteiger charge is 2.25. The Labute approximate surface area is 187 Å². The van der Waals surface area contributed by atoms with Crippen LogP contribution in [0.5, 0.6) is 0 Å². The molecule has 6 nitrogen and oxygen atoms in total. The summed E-state index contributed by atoms with van der Waals surface area (Å²) in [6.07, 6.45) is 4.64. The lowest BCUT2D eigenvalue weighted by atomic mass is 10.1. The van der Waals surface area contributed by atoms with Crippen molar-refractivity contribution in [2.24, 2.45) is 4.99 Å². The summed E-state index contributed by atoms with van der Waals surface area (Å²) in [6.45, 7) is 4.75. The fourth-order valence-electron chi connectivity index (χ4n) is 4.01. The number of hydrogen-bond acceptors (Lipinski definition) is 3. The first-order valence-electron chi connectivity index (χ1n) is 10.7. The maximum Gasteiger partial charge on any atom is 0.191 e. The predicted octanol–water partition coefficient (Wildman–Crippen LogP) is 3.46. The summed E-state index contributed by atoms with van der Waals surface area (Å²) in [7, 11) is 1.74. The van der Waals surface area contributed by atoms with Crippen LogP contribution in [0.3, 0.4) is 0 Å². The summed E-state index contributed by atoms with van der Waals surface area (Å²) in [6, 6.07) is 12.3. The van der Waals surface area contributed by atoms with Gasteiger partial charge in [-0.2, -0.15) is 0 Å². The van der Waals surface area contributed by atoms with Crippen LogP contribution < -0.4 is 15.5 Å². The molecule has 0 bridgehead atoms. The molecule has 2 N–H and O–H groups in total. The second-order valence-corrected chi connectivity index (χ2v) is 8.02. The minimum Gasteiger partial charge on any atom is -0.367 e. The summed E-state index contributed by atoms with van der Waals surface area (Å²) >= 11 is 0. The zero-order chi connectivity index (χ0) is 22.5. The number of anilines is 1. The Morgan fingerprint density at radius 3 is 2.78 bits per heavy atom. The average Bonchev–Trinajstić information content (AvgIpc) is 3.40. The van der Waals surface area contributed by atoms with Crippen LogP contribution in [0.25, 0.3) is 0 Å². The van der Waals surface area contributed by atoms with Gasteiger partial charge in [0.25, 0.3) is 0 Å². The van der Waals surface area contributed by atoms with Gasteiger partial charge < -0.3 is 20.1 Å². The number of aliphatic imine (C=N–C) groups is 1. The standard InChI is InChI=1S/C24H28F2N6/c1-17-28-9-11-31(17)15-19-5-3-4-18(12-19)14-29-24(27-2)30-21-8-10-32(16-21)23-7-6-20(25)13-22(23)26/h3-7,9,11-13,21H,8,10,14-16H2,1-2H3,(H2,27,29,30). The van der Waals surface area contributed by atoms with Crippen molar-refractivity contribution < 1.29 is 8.78 Å². The summed E-state index contributed by atoms with van der Waals surface area (Å²) in [4.78, 5) is 10.5. The predicted molar refractivity (Wildman–Crippen MR) is 123 cm³/mol. The molecule has 1 fully saturated rings. The summed E-state index contributed by atoms with van der Waals surface area (Å²) in [5.41, 5.74) is 2.80. The van der Waals surface area contributed by atoms with Crippen molar-refractivity contribution in [2.45, 2.75) is 32.5 Å². The van der Waals surface area contributed by atoms with E-state index in [1.165, 1.54) is 17.7 Å². The molecule has 1 aromatic heterocycles. The minimum absolute atomic E-state index is 0.126. The van der Waals surface area contributed by atoms with E-state index in [-0.39, 0.29) is 6.04 Å². The molecule has 1 aliphatic heterocycles. The number of aromatic nitrogens is 2. The number of aryl methyl sites for hydroxylation is 1. The van der Waals surface area contributed by atoms with E-state index in [1.807, 2.05) is 24.2 Å². The third-order valence-electron chi connectivity index (χ3n) is 5.73. The van der Waals surface area contributed by atoms with Crippen molar-refractivity contribution in [1.29, 1.82) is 0 Å². The highest BCUT2D eigenvalue weighted by atomic mass is 19.1. The summed E-state index contributed by atoms with van der Waals surface area (Å²) < 4.78 is 29.4. The largest absolute Gasteiger partial charge is 0.367 e. The lowest BCUT2D eigenvalue weighted by molar-refractivity contribution is 0.580. The SMILES string of the molecule is CN=C(NCc1cccc(Cn2ccnc2C)c1)NC1CCN(c2ccc(F)cc2F)C1. The molecule has 8 heteroatoms. The van der Waals surface area contributed by atoms with Gasteiger partial charge in [-0.25, -0.2) is 13.8 Å². The van der Waals surface area contributed by atoms with Gasteiger partial charge in [0, 0.05) is 57.7 Å². The van der Waals surface area contributed by atoms with Crippen LogP contribution in [0.4, 0.5) is 14.5 Å². The quantitative estimate of drug-likeness (QED) is 0.457. The first kappa shape index (κ1) is 21.8. The summed E-state index contributed by atoms with van der Waals surface area (Å²) in [5, 5.41) is 6.77. The zero-order valence-electron chi connectivity index (χ0n) is 18.4. The maximum absolute atomic E-state index is 14.1. The Bertz CT molecular complexity index is 1090.